The number of hydrogen-bond acceptors (Lipinski definition) is 4. The number of amides is 2. The lowest BCUT2D eigenvalue weighted by atomic mass is 10.0. The largest absolute Gasteiger partial charge is 0.497 e. The van der Waals surface area contributed by atoms with Gasteiger partial charge in [-0.1, -0.05) is 42.5 Å². The predicted molar refractivity (Wildman–Crippen MR) is 117 cm³/mol. The zero-order chi connectivity index (χ0) is 20.2. The van der Waals surface area contributed by atoms with E-state index in [1.54, 1.807) is 48.0 Å². The molecule has 1 fully saturated rings. The molecule has 1 atom stereocenters. The number of anilines is 1. The molecule has 0 aromatic heterocycles. The second kappa shape index (κ2) is 8.57. The van der Waals surface area contributed by atoms with Crippen molar-refractivity contribution < 1.29 is 14.3 Å². The third-order valence-electron chi connectivity index (χ3n) is 5.08. The van der Waals surface area contributed by atoms with Crippen molar-refractivity contribution in [3.63, 3.8) is 0 Å². The van der Waals surface area contributed by atoms with E-state index < -0.39 is 6.04 Å². The molecular formula is C23H22N2O3S. The Morgan fingerprint density at radius 3 is 2.62 bits per heavy atom. The van der Waals surface area contributed by atoms with Crippen molar-refractivity contribution >= 4 is 40.0 Å². The van der Waals surface area contributed by atoms with Gasteiger partial charge in [0.25, 0.3) is 0 Å². The van der Waals surface area contributed by atoms with Gasteiger partial charge in [0.1, 0.15) is 11.8 Å². The van der Waals surface area contributed by atoms with E-state index in [4.69, 9.17) is 4.74 Å². The lowest BCUT2D eigenvalue weighted by Gasteiger charge is -2.23. The summed E-state index contributed by atoms with van der Waals surface area (Å²) in [7, 11) is 1.60. The molecule has 3 aromatic carbocycles. The first-order chi connectivity index (χ1) is 14.2. The Morgan fingerprint density at radius 1 is 1.07 bits per heavy atom. The van der Waals surface area contributed by atoms with E-state index in [9.17, 15) is 9.59 Å². The van der Waals surface area contributed by atoms with Gasteiger partial charge in [-0.3, -0.25) is 9.59 Å². The van der Waals surface area contributed by atoms with Crippen LogP contribution in [0.3, 0.4) is 0 Å². The van der Waals surface area contributed by atoms with Gasteiger partial charge in [-0.2, -0.15) is 0 Å². The number of nitrogens with one attached hydrogen (secondary N) is 1. The molecule has 0 spiro atoms. The minimum Gasteiger partial charge on any atom is -0.497 e. The first kappa shape index (κ1) is 19.3. The molecule has 1 heterocycles. The minimum atomic E-state index is -0.468. The first-order valence-corrected chi connectivity index (χ1v) is 10.6. The maximum atomic E-state index is 13.0. The number of benzene rings is 3. The summed E-state index contributed by atoms with van der Waals surface area (Å²) in [5.74, 6) is 1.67. The zero-order valence-electron chi connectivity index (χ0n) is 16.1. The summed E-state index contributed by atoms with van der Waals surface area (Å²) in [5, 5.41) is 5.10. The zero-order valence-corrected chi connectivity index (χ0v) is 16.9. The maximum Gasteiger partial charge on any atom is 0.248 e. The highest BCUT2D eigenvalue weighted by Crippen LogP contribution is 2.25. The van der Waals surface area contributed by atoms with Gasteiger partial charge in [0.15, 0.2) is 0 Å². The van der Waals surface area contributed by atoms with Gasteiger partial charge in [0.2, 0.25) is 11.8 Å². The SMILES string of the molecule is COc1ccc(NC(=O)C2CSCN2C(=O)Cc2cccc3ccccc23)cc1. The molecule has 1 aliphatic heterocycles. The highest BCUT2D eigenvalue weighted by molar-refractivity contribution is 7.99. The number of ether oxygens (including phenoxy) is 1. The van der Waals surface area contributed by atoms with Crippen molar-refractivity contribution in [2.45, 2.75) is 12.5 Å². The fourth-order valence-electron chi connectivity index (χ4n) is 3.52. The second-order valence-electron chi connectivity index (χ2n) is 6.91. The molecule has 1 saturated heterocycles. The molecule has 4 rings (SSSR count). The van der Waals surface area contributed by atoms with E-state index in [-0.39, 0.29) is 18.2 Å². The van der Waals surface area contributed by atoms with Crippen LogP contribution in [0.25, 0.3) is 10.8 Å². The lowest BCUT2D eigenvalue weighted by Crippen LogP contribution is -2.45. The van der Waals surface area contributed by atoms with Crippen molar-refractivity contribution in [1.82, 2.24) is 4.90 Å². The van der Waals surface area contributed by atoms with Crippen molar-refractivity contribution in [2.75, 3.05) is 24.1 Å². The Morgan fingerprint density at radius 2 is 1.83 bits per heavy atom. The molecule has 5 nitrogen and oxygen atoms in total. The monoisotopic (exact) mass is 406 g/mol. The molecule has 1 unspecified atom stereocenters. The van der Waals surface area contributed by atoms with Crippen LogP contribution in [0, 0.1) is 0 Å². The predicted octanol–water partition coefficient (Wildman–Crippen LogP) is 3.93. The summed E-state index contributed by atoms with van der Waals surface area (Å²) >= 11 is 1.60. The van der Waals surface area contributed by atoms with Crippen LogP contribution in [0.5, 0.6) is 5.75 Å². The number of carbonyl (C=O) groups is 2. The van der Waals surface area contributed by atoms with Gasteiger partial charge in [0.05, 0.1) is 19.4 Å². The topological polar surface area (TPSA) is 58.6 Å². The fourth-order valence-corrected chi connectivity index (χ4v) is 4.70. The Hall–Kier alpha value is -2.99. The van der Waals surface area contributed by atoms with Crippen LogP contribution in [0.1, 0.15) is 5.56 Å². The Bertz CT molecular complexity index is 1030. The summed E-state index contributed by atoms with van der Waals surface area (Å²) < 4.78 is 5.14. The van der Waals surface area contributed by atoms with Gasteiger partial charge >= 0.3 is 0 Å². The van der Waals surface area contributed by atoms with Crippen LogP contribution in [-0.4, -0.2) is 41.5 Å². The number of nitrogens with zero attached hydrogens (tertiary/aromatic N) is 1. The normalized spacial score (nSPS) is 16.0. The third kappa shape index (κ3) is 4.22. The quantitative estimate of drug-likeness (QED) is 0.698. The second-order valence-corrected chi connectivity index (χ2v) is 7.91. The number of thioether (sulfide) groups is 1. The summed E-state index contributed by atoms with van der Waals surface area (Å²) in [4.78, 5) is 27.5. The smallest absolute Gasteiger partial charge is 0.248 e. The Balaban J connectivity index is 1.46. The third-order valence-corrected chi connectivity index (χ3v) is 6.10. The van der Waals surface area contributed by atoms with Crippen LogP contribution in [0.2, 0.25) is 0 Å². The molecule has 148 valence electrons. The van der Waals surface area contributed by atoms with Crippen LogP contribution in [0.15, 0.2) is 66.7 Å². The number of hydrogen-bond donors (Lipinski definition) is 1. The molecule has 0 aliphatic carbocycles. The number of methoxy groups -OCH3 is 1. The van der Waals surface area contributed by atoms with Gasteiger partial charge in [-0.15, -0.1) is 11.8 Å². The molecular weight excluding hydrogens is 384 g/mol. The van der Waals surface area contributed by atoms with E-state index in [0.717, 1.165) is 22.1 Å². The van der Waals surface area contributed by atoms with E-state index in [0.29, 0.717) is 17.3 Å². The Labute approximate surface area is 174 Å². The van der Waals surface area contributed by atoms with Crippen LogP contribution < -0.4 is 10.1 Å². The van der Waals surface area contributed by atoms with Crippen LogP contribution >= 0.6 is 11.8 Å². The highest BCUT2D eigenvalue weighted by atomic mass is 32.2. The molecule has 0 radical (unpaired) electrons. The molecule has 2 amide bonds. The lowest BCUT2D eigenvalue weighted by molar-refractivity contribution is -0.135. The molecule has 0 bridgehead atoms. The van der Waals surface area contributed by atoms with Crippen molar-refractivity contribution in [3.8, 4) is 5.75 Å². The summed E-state index contributed by atoms with van der Waals surface area (Å²) in [6.45, 7) is 0. The van der Waals surface area contributed by atoms with Crippen LogP contribution in [-0.2, 0) is 16.0 Å². The fraction of sp³-hybridized carbons (Fsp3) is 0.217. The molecule has 0 saturated carbocycles. The van der Waals surface area contributed by atoms with Gasteiger partial charge in [-0.25, -0.2) is 0 Å². The van der Waals surface area contributed by atoms with E-state index >= 15 is 0 Å². The van der Waals surface area contributed by atoms with Gasteiger partial charge in [-0.05, 0) is 40.6 Å². The summed E-state index contributed by atoms with van der Waals surface area (Å²) in [6.07, 6.45) is 0.286. The molecule has 3 aromatic rings. The molecule has 1 N–H and O–H groups in total. The first-order valence-electron chi connectivity index (χ1n) is 9.44. The van der Waals surface area contributed by atoms with E-state index in [1.807, 2.05) is 42.5 Å². The summed E-state index contributed by atoms with van der Waals surface area (Å²) in [5.41, 5.74) is 1.67. The minimum absolute atomic E-state index is 0.0266. The van der Waals surface area contributed by atoms with Crippen molar-refractivity contribution in [3.05, 3.63) is 72.3 Å². The van der Waals surface area contributed by atoms with Crippen LogP contribution in [0.4, 0.5) is 5.69 Å². The average Bonchev–Trinajstić information content (AvgIpc) is 3.25. The van der Waals surface area contributed by atoms with Gasteiger partial charge in [0, 0.05) is 11.4 Å². The highest BCUT2D eigenvalue weighted by Gasteiger charge is 2.34. The standard InChI is InChI=1S/C23H22N2O3S/c1-28-19-11-9-18(10-12-19)24-23(27)21-14-29-15-25(21)22(26)13-17-7-4-6-16-5-2-3-8-20(16)17/h2-12,21H,13-15H2,1H3,(H,24,27). The number of rotatable bonds is 5. The van der Waals surface area contributed by atoms with Crippen molar-refractivity contribution in [2.24, 2.45) is 0 Å². The maximum absolute atomic E-state index is 13.0. The number of fused-ring (bicyclic) bond motifs is 1. The molecule has 1 aliphatic rings. The Kier molecular flexibility index (Phi) is 5.71. The molecule has 6 heteroatoms. The molecule has 29 heavy (non-hydrogen) atoms. The average molecular weight is 407 g/mol. The van der Waals surface area contributed by atoms with Crippen molar-refractivity contribution in [1.29, 1.82) is 0 Å². The van der Waals surface area contributed by atoms with E-state index in [1.165, 1.54) is 0 Å². The summed E-state index contributed by atoms with van der Waals surface area (Å²) in [6, 6.07) is 20.7. The van der Waals surface area contributed by atoms with E-state index in [2.05, 4.69) is 5.32 Å². The number of carbonyl (C=O) groups excluding carboxylic acids is 2. The van der Waals surface area contributed by atoms with Gasteiger partial charge < -0.3 is 15.0 Å².